The molecule has 294 valence electrons. The van der Waals surface area contributed by atoms with Gasteiger partial charge in [0.1, 0.15) is 11.0 Å². The minimum Gasteiger partial charge on any atom is -0.411 e. The molecule has 0 radical (unpaired) electrons. The second kappa shape index (κ2) is 18.3. The molecule has 1 fully saturated rings. The zero-order valence-corrected chi connectivity index (χ0v) is 33.6. The minimum absolute atomic E-state index is 0.00935. The maximum absolute atomic E-state index is 14.4. The standard InChI is InChI=1S/C38H53N7O7S2/c1-25(2)21-44(54(51,52)31-15-13-29(14-16-31)20-39-50)23-33(47)32(19-28-11-9-8-10-12-28)42-35(48)34(38(5,6)7)45-18-17-43(37(45)49)22-30-24-53-36(41-30)26(3)40-27(4)46/h8-16,20,24-26,32-34,47,50H,17-19,21-23H2,1-7H3,(H,40,46)(H,42,48)/t26-,32-,33+,34+/m0/s1. The van der Waals surface area contributed by atoms with Gasteiger partial charge in [0.2, 0.25) is 21.8 Å². The Morgan fingerprint density at radius 3 is 2.30 bits per heavy atom. The first-order valence-electron chi connectivity index (χ1n) is 18.0. The van der Waals surface area contributed by atoms with Crippen molar-refractivity contribution in [3.63, 3.8) is 0 Å². The summed E-state index contributed by atoms with van der Waals surface area (Å²) in [6, 6.07) is 12.8. The number of aliphatic hydroxyl groups is 1. The predicted molar refractivity (Wildman–Crippen MR) is 208 cm³/mol. The highest BCUT2D eigenvalue weighted by atomic mass is 32.2. The molecule has 3 aromatic rings. The number of benzene rings is 2. The third kappa shape index (κ3) is 11.1. The first-order chi connectivity index (χ1) is 25.4. The van der Waals surface area contributed by atoms with E-state index in [1.165, 1.54) is 53.0 Å². The molecule has 1 aromatic heterocycles. The maximum atomic E-state index is 14.4. The molecule has 1 saturated heterocycles. The summed E-state index contributed by atoms with van der Waals surface area (Å²) in [6.45, 7) is 13.4. The number of amides is 4. The number of thiazole rings is 1. The van der Waals surface area contributed by atoms with E-state index in [1.54, 1.807) is 9.80 Å². The summed E-state index contributed by atoms with van der Waals surface area (Å²) in [5.41, 5.74) is 1.31. The van der Waals surface area contributed by atoms with Gasteiger partial charge in [-0.2, -0.15) is 4.31 Å². The van der Waals surface area contributed by atoms with Crippen molar-refractivity contribution < 1.29 is 33.1 Å². The molecule has 2 heterocycles. The number of urea groups is 1. The van der Waals surface area contributed by atoms with E-state index in [-0.39, 0.29) is 54.8 Å². The van der Waals surface area contributed by atoms with E-state index >= 15 is 0 Å². The fourth-order valence-electron chi connectivity index (χ4n) is 6.51. The molecule has 4 amide bonds. The molecule has 0 aliphatic carbocycles. The Labute approximate surface area is 322 Å². The molecule has 54 heavy (non-hydrogen) atoms. The van der Waals surface area contributed by atoms with Crippen LogP contribution in [0.3, 0.4) is 0 Å². The number of hydrogen-bond acceptors (Lipinski definition) is 10. The van der Waals surface area contributed by atoms with E-state index in [0.29, 0.717) is 24.3 Å². The molecule has 2 aromatic carbocycles. The average Bonchev–Trinajstić information content (AvgIpc) is 3.70. The number of aliphatic hydroxyl groups excluding tert-OH is 1. The Balaban J connectivity index is 1.57. The quantitative estimate of drug-likeness (QED) is 0.0891. The molecule has 16 heteroatoms. The van der Waals surface area contributed by atoms with Crippen LogP contribution >= 0.6 is 11.3 Å². The van der Waals surface area contributed by atoms with Crippen molar-refractivity contribution in [1.29, 1.82) is 0 Å². The molecule has 0 saturated carbocycles. The van der Waals surface area contributed by atoms with Crippen molar-refractivity contribution in [2.75, 3.05) is 26.2 Å². The van der Waals surface area contributed by atoms with Crippen LogP contribution in [0.1, 0.15) is 76.3 Å². The monoisotopic (exact) mass is 783 g/mol. The molecule has 1 aliphatic heterocycles. The van der Waals surface area contributed by atoms with E-state index in [2.05, 4.69) is 20.8 Å². The van der Waals surface area contributed by atoms with Gasteiger partial charge < -0.3 is 30.7 Å². The molecule has 4 rings (SSSR count). The van der Waals surface area contributed by atoms with Gasteiger partial charge in [0.15, 0.2) is 0 Å². The van der Waals surface area contributed by atoms with Gasteiger partial charge in [-0.25, -0.2) is 18.2 Å². The van der Waals surface area contributed by atoms with Crippen molar-refractivity contribution in [1.82, 2.24) is 29.7 Å². The lowest BCUT2D eigenvalue weighted by Crippen LogP contribution is -2.59. The number of oxime groups is 1. The zero-order valence-electron chi connectivity index (χ0n) is 32.0. The number of carbonyl (C=O) groups is 3. The molecule has 4 atom stereocenters. The summed E-state index contributed by atoms with van der Waals surface area (Å²) in [5, 5.41) is 32.1. The summed E-state index contributed by atoms with van der Waals surface area (Å²) in [7, 11) is -4.09. The van der Waals surface area contributed by atoms with Crippen LogP contribution in [0, 0.1) is 11.3 Å². The zero-order chi connectivity index (χ0) is 39.8. The van der Waals surface area contributed by atoms with E-state index in [0.717, 1.165) is 10.6 Å². The van der Waals surface area contributed by atoms with E-state index < -0.39 is 39.5 Å². The summed E-state index contributed by atoms with van der Waals surface area (Å²) in [4.78, 5) is 47.6. The van der Waals surface area contributed by atoms with Crippen molar-refractivity contribution in [3.05, 3.63) is 81.8 Å². The van der Waals surface area contributed by atoms with Crippen molar-refractivity contribution in [3.8, 4) is 0 Å². The Morgan fingerprint density at radius 2 is 1.70 bits per heavy atom. The molecular weight excluding hydrogens is 731 g/mol. The second-order valence-electron chi connectivity index (χ2n) is 15.2. The van der Waals surface area contributed by atoms with E-state index in [1.807, 2.05) is 77.3 Å². The number of hydrogen-bond donors (Lipinski definition) is 4. The molecule has 0 spiro atoms. The number of nitrogens with one attached hydrogen (secondary N) is 2. The number of carbonyl (C=O) groups excluding carboxylic acids is 3. The van der Waals surface area contributed by atoms with Gasteiger partial charge in [-0.05, 0) is 47.9 Å². The molecule has 1 aliphatic rings. The molecule has 0 bridgehead atoms. The first-order valence-corrected chi connectivity index (χ1v) is 20.3. The van der Waals surface area contributed by atoms with Crippen LogP contribution in [0.25, 0.3) is 0 Å². The minimum atomic E-state index is -4.09. The summed E-state index contributed by atoms with van der Waals surface area (Å²) >= 11 is 1.40. The predicted octanol–water partition coefficient (Wildman–Crippen LogP) is 4.24. The van der Waals surface area contributed by atoms with Crippen LogP contribution < -0.4 is 10.6 Å². The highest BCUT2D eigenvalue weighted by molar-refractivity contribution is 7.89. The smallest absolute Gasteiger partial charge is 0.321 e. The van der Waals surface area contributed by atoms with Crippen LogP contribution in [-0.2, 0) is 32.6 Å². The van der Waals surface area contributed by atoms with Gasteiger partial charge >= 0.3 is 6.03 Å². The number of rotatable bonds is 17. The topological polar surface area (TPSA) is 185 Å². The summed E-state index contributed by atoms with van der Waals surface area (Å²) in [6.07, 6.45) is 0.0711. The Hall–Kier alpha value is -4.38. The summed E-state index contributed by atoms with van der Waals surface area (Å²) < 4.78 is 29.1. The van der Waals surface area contributed by atoms with Crippen LogP contribution in [0.15, 0.2) is 70.0 Å². The van der Waals surface area contributed by atoms with Gasteiger partial charge in [0.25, 0.3) is 0 Å². The fourth-order valence-corrected chi connectivity index (χ4v) is 8.95. The molecular formula is C38H53N7O7S2. The van der Waals surface area contributed by atoms with Gasteiger partial charge in [-0.1, -0.05) is 82.2 Å². The van der Waals surface area contributed by atoms with Crippen molar-refractivity contribution >= 4 is 45.4 Å². The lowest BCUT2D eigenvalue weighted by molar-refractivity contribution is -0.130. The number of aromatic nitrogens is 1. The third-order valence-electron chi connectivity index (χ3n) is 8.99. The number of nitrogens with zero attached hydrogens (tertiary/aromatic N) is 5. The first kappa shape index (κ1) is 42.4. The van der Waals surface area contributed by atoms with E-state index in [9.17, 15) is 27.9 Å². The summed E-state index contributed by atoms with van der Waals surface area (Å²) in [5.74, 6) is -0.706. The highest BCUT2D eigenvalue weighted by Crippen LogP contribution is 2.30. The maximum Gasteiger partial charge on any atom is 0.321 e. The van der Waals surface area contributed by atoms with Crippen molar-refractivity contribution in [2.45, 2.75) is 90.6 Å². The van der Waals surface area contributed by atoms with Gasteiger partial charge in [-0.15, -0.1) is 11.3 Å². The van der Waals surface area contributed by atoms with Crippen LogP contribution in [0.2, 0.25) is 0 Å². The van der Waals surface area contributed by atoms with Gasteiger partial charge in [0, 0.05) is 38.5 Å². The van der Waals surface area contributed by atoms with Crippen LogP contribution in [-0.4, -0.2) is 106 Å². The lowest BCUT2D eigenvalue weighted by Gasteiger charge is -2.38. The Kier molecular flexibility index (Phi) is 14.4. The van der Waals surface area contributed by atoms with Gasteiger partial charge in [0.05, 0.1) is 41.5 Å². The van der Waals surface area contributed by atoms with Crippen molar-refractivity contribution in [2.24, 2.45) is 16.5 Å². The number of sulfonamides is 1. The third-order valence-corrected chi connectivity index (χ3v) is 11.9. The van der Waals surface area contributed by atoms with Crippen LogP contribution in [0.5, 0.6) is 0 Å². The SMILES string of the molecule is CC(=O)N[C@@H](C)c1nc(CN2CCN([C@H](C(=O)N[C@@H](Cc3ccccc3)[C@H](O)CN(CC(C)C)S(=O)(=O)c3ccc(C=NO)cc3)C(C)(C)C)C2=O)cs1. The highest BCUT2D eigenvalue weighted by Gasteiger charge is 2.44. The Bertz CT molecular complexity index is 1860. The lowest BCUT2D eigenvalue weighted by atomic mass is 9.84. The fraction of sp³-hybridized carbons (Fsp3) is 0.500. The normalized spacial score (nSPS) is 16.2. The second-order valence-corrected chi connectivity index (χ2v) is 18.0. The largest absolute Gasteiger partial charge is 0.411 e. The molecule has 14 nitrogen and oxygen atoms in total. The van der Waals surface area contributed by atoms with Crippen LogP contribution in [0.4, 0.5) is 4.79 Å². The Morgan fingerprint density at radius 1 is 1.04 bits per heavy atom. The van der Waals surface area contributed by atoms with Gasteiger partial charge in [-0.3, -0.25) is 9.59 Å². The average molecular weight is 784 g/mol. The molecule has 0 unspecified atom stereocenters. The van der Waals surface area contributed by atoms with E-state index in [4.69, 9.17) is 5.21 Å². The molecule has 4 N–H and O–H groups in total.